The van der Waals surface area contributed by atoms with Gasteiger partial charge in [-0.15, -0.1) is 0 Å². The number of piperidine rings is 1. The Labute approximate surface area is 259 Å². The highest BCUT2D eigenvalue weighted by Gasteiger charge is 2.39. The van der Waals surface area contributed by atoms with Crippen LogP contribution in [0.1, 0.15) is 86.4 Å². The molecule has 3 fully saturated rings. The number of likely N-dealkylation sites (tertiary alicyclic amines) is 1. The molecular weight excluding hydrogens is 589 g/mol. The number of aromatic nitrogens is 3. The number of hydrogen-bond acceptors (Lipinski definition) is 6. The van der Waals surface area contributed by atoms with Crippen molar-refractivity contribution in [2.24, 2.45) is 5.41 Å². The van der Waals surface area contributed by atoms with Crippen LogP contribution in [0.15, 0.2) is 36.5 Å². The van der Waals surface area contributed by atoms with Crippen LogP contribution < -0.4 is 15.4 Å². The highest BCUT2D eigenvalue weighted by atomic mass is 19.4. The molecule has 6 rings (SSSR count). The molecule has 2 amide bonds. The summed E-state index contributed by atoms with van der Waals surface area (Å²) in [6, 6.07) is 7.85. The van der Waals surface area contributed by atoms with Crippen LogP contribution in [0.2, 0.25) is 0 Å². The number of rotatable bonds is 6. The van der Waals surface area contributed by atoms with Gasteiger partial charge < -0.3 is 25.4 Å². The van der Waals surface area contributed by atoms with Crippen molar-refractivity contribution in [3.05, 3.63) is 47.9 Å². The molecule has 2 aliphatic carbocycles. The van der Waals surface area contributed by atoms with Gasteiger partial charge in [-0.3, -0.25) is 9.48 Å². The molecule has 1 spiro atoms. The molecule has 13 heteroatoms. The summed E-state index contributed by atoms with van der Waals surface area (Å²) in [5, 5.41) is 21.4. The molecule has 0 unspecified atom stereocenters. The van der Waals surface area contributed by atoms with Gasteiger partial charge in [0.05, 0.1) is 24.4 Å². The number of halogens is 3. The van der Waals surface area contributed by atoms with Gasteiger partial charge in [0.2, 0.25) is 0 Å². The molecule has 3 aromatic rings. The van der Waals surface area contributed by atoms with E-state index < -0.39 is 23.9 Å². The zero-order chi connectivity index (χ0) is 31.8. The molecule has 242 valence electrons. The van der Waals surface area contributed by atoms with E-state index in [9.17, 15) is 27.9 Å². The number of pyridine rings is 1. The molecule has 3 N–H and O–H groups in total. The predicted octanol–water partition coefficient (Wildman–Crippen LogP) is 6.49. The number of fused-ring (bicyclic) bond motifs is 1. The zero-order valence-electron chi connectivity index (χ0n) is 25.3. The maximum Gasteiger partial charge on any atom is 0.433 e. The van der Waals surface area contributed by atoms with Gasteiger partial charge in [-0.1, -0.05) is 6.07 Å². The number of nitrogens with one attached hydrogen (secondary N) is 2. The second kappa shape index (κ2) is 12.5. The minimum absolute atomic E-state index is 0.239. The quantitative estimate of drug-likeness (QED) is 0.285. The second-order valence-corrected chi connectivity index (χ2v) is 12.8. The fourth-order valence-corrected chi connectivity index (χ4v) is 7.34. The number of alkyl halides is 3. The summed E-state index contributed by atoms with van der Waals surface area (Å²) in [6.07, 6.45) is 7.10. The summed E-state index contributed by atoms with van der Waals surface area (Å²) in [5.41, 5.74) is -0.145. The van der Waals surface area contributed by atoms with E-state index >= 15 is 0 Å². The smallest absolute Gasteiger partial charge is 0.433 e. The predicted molar refractivity (Wildman–Crippen MR) is 161 cm³/mol. The van der Waals surface area contributed by atoms with Crippen LogP contribution in [0.5, 0.6) is 5.75 Å². The highest BCUT2D eigenvalue weighted by Crippen LogP contribution is 2.45. The monoisotopic (exact) mass is 628 g/mol. The van der Waals surface area contributed by atoms with E-state index in [1.807, 2.05) is 10.9 Å². The lowest BCUT2D eigenvalue weighted by molar-refractivity contribution is -0.141. The summed E-state index contributed by atoms with van der Waals surface area (Å²) in [7, 11) is 1.46. The molecule has 2 aromatic heterocycles. The van der Waals surface area contributed by atoms with Crippen LogP contribution in [0.3, 0.4) is 0 Å². The fraction of sp³-hybridized carbons (Fsp3) is 0.562. The Hall–Kier alpha value is -3.87. The topological polar surface area (TPSA) is 122 Å². The first kappa shape index (κ1) is 31.1. The van der Waals surface area contributed by atoms with Crippen molar-refractivity contribution in [1.82, 2.24) is 25.0 Å². The van der Waals surface area contributed by atoms with E-state index in [-0.39, 0.29) is 11.7 Å². The maximum atomic E-state index is 13.1. The molecular formula is C32H39F3N6O4. The number of anilines is 1. The fourth-order valence-electron chi connectivity index (χ4n) is 7.34. The molecule has 0 bridgehead atoms. The molecule has 0 atom stereocenters. The molecule has 1 aliphatic heterocycles. The maximum absolute atomic E-state index is 13.1. The van der Waals surface area contributed by atoms with E-state index in [2.05, 4.69) is 15.6 Å². The lowest BCUT2D eigenvalue weighted by atomic mass is 9.67. The Morgan fingerprint density at radius 1 is 1.00 bits per heavy atom. The van der Waals surface area contributed by atoms with E-state index in [4.69, 9.17) is 9.84 Å². The molecule has 1 aromatic carbocycles. The molecule has 0 radical (unpaired) electrons. The van der Waals surface area contributed by atoms with Gasteiger partial charge in [0.15, 0.2) is 0 Å². The minimum atomic E-state index is -4.65. The Morgan fingerprint density at radius 2 is 1.69 bits per heavy atom. The number of methoxy groups -OCH3 is 1. The Kier molecular flexibility index (Phi) is 8.64. The van der Waals surface area contributed by atoms with E-state index in [1.54, 1.807) is 17.0 Å². The molecule has 2 saturated carbocycles. The first-order valence-electron chi connectivity index (χ1n) is 15.7. The van der Waals surface area contributed by atoms with E-state index in [1.165, 1.54) is 13.2 Å². The van der Waals surface area contributed by atoms with Crippen LogP contribution in [-0.2, 0) is 6.18 Å². The number of hydrogen-bond donors (Lipinski definition) is 3. The number of ether oxygens (including phenoxy) is 1. The summed E-state index contributed by atoms with van der Waals surface area (Å²) >= 11 is 0. The molecule has 10 nitrogen and oxygen atoms in total. The lowest BCUT2D eigenvalue weighted by Gasteiger charge is -2.46. The summed E-state index contributed by atoms with van der Waals surface area (Å²) in [4.78, 5) is 29.1. The van der Waals surface area contributed by atoms with Gasteiger partial charge in [0.25, 0.3) is 5.91 Å². The van der Waals surface area contributed by atoms with Crippen molar-refractivity contribution in [2.75, 3.05) is 25.5 Å². The van der Waals surface area contributed by atoms with Gasteiger partial charge in [-0.2, -0.15) is 18.3 Å². The van der Waals surface area contributed by atoms with Gasteiger partial charge in [-0.05, 0) is 87.8 Å². The van der Waals surface area contributed by atoms with Crippen molar-refractivity contribution in [2.45, 2.75) is 88.5 Å². The third-order valence-corrected chi connectivity index (χ3v) is 10.0. The Balaban J connectivity index is 1.04. The van der Waals surface area contributed by atoms with Crippen LogP contribution in [0, 0.1) is 5.41 Å². The molecule has 3 aliphatic rings. The van der Waals surface area contributed by atoms with Gasteiger partial charge >= 0.3 is 12.3 Å². The number of carbonyl (C=O) groups is 2. The number of nitrogens with zero attached hydrogens (tertiary/aromatic N) is 4. The van der Waals surface area contributed by atoms with Crippen LogP contribution in [0.25, 0.3) is 10.9 Å². The Bertz CT molecular complexity index is 1530. The van der Waals surface area contributed by atoms with E-state index in [0.29, 0.717) is 47.5 Å². The number of carbonyl (C=O) groups excluding carboxylic acids is 1. The van der Waals surface area contributed by atoms with Crippen molar-refractivity contribution in [3.63, 3.8) is 0 Å². The van der Waals surface area contributed by atoms with Gasteiger partial charge in [0.1, 0.15) is 17.1 Å². The van der Waals surface area contributed by atoms with Gasteiger partial charge in [0, 0.05) is 42.8 Å². The van der Waals surface area contributed by atoms with Crippen LogP contribution >= 0.6 is 0 Å². The van der Waals surface area contributed by atoms with E-state index in [0.717, 1.165) is 81.7 Å². The standard InChI is InChI=1S/C32H39F3N6O4/c1-45-27-18-25-20(17-26(27)38-29(42)24-3-2-4-28(37-24)32(33,34)35)19-41(39-25)23-7-5-21(6-8-23)36-22-9-11-31(12-10-22)13-15-40(16-14-31)30(43)44/h2-4,17-19,21-23,36H,5-16H2,1H3,(H,38,42)(H,43,44). The first-order valence-corrected chi connectivity index (χ1v) is 15.7. The zero-order valence-corrected chi connectivity index (χ0v) is 25.3. The third kappa shape index (κ3) is 6.87. The molecule has 3 heterocycles. The van der Waals surface area contributed by atoms with Crippen molar-refractivity contribution >= 4 is 28.6 Å². The molecule has 1 saturated heterocycles. The first-order chi connectivity index (χ1) is 21.5. The number of amides is 2. The van der Waals surface area contributed by atoms with Crippen LogP contribution in [-0.4, -0.2) is 69.1 Å². The third-order valence-electron chi connectivity index (χ3n) is 10.0. The highest BCUT2D eigenvalue weighted by molar-refractivity contribution is 6.05. The Morgan fingerprint density at radius 3 is 2.33 bits per heavy atom. The van der Waals surface area contributed by atoms with Crippen molar-refractivity contribution in [1.29, 1.82) is 0 Å². The largest absolute Gasteiger partial charge is 0.494 e. The van der Waals surface area contributed by atoms with Crippen molar-refractivity contribution in [3.8, 4) is 5.75 Å². The summed E-state index contributed by atoms with van der Waals surface area (Å²) in [5.74, 6) is -0.420. The summed E-state index contributed by atoms with van der Waals surface area (Å²) in [6.45, 7) is 1.31. The van der Waals surface area contributed by atoms with Crippen molar-refractivity contribution < 1.29 is 32.6 Å². The van der Waals surface area contributed by atoms with Crippen LogP contribution in [0.4, 0.5) is 23.7 Å². The average Bonchev–Trinajstić information content (AvgIpc) is 3.45. The minimum Gasteiger partial charge on any atom is -0.494 e. The molecule has 45 heavy (non-hydrogen) atoms. The number of carboxylic acid groups (broad SMARTS) is 1. The average molecular weight is 629 g/mol. The SMILES string of the molecule is COc1cc2nn(C3CCC(NC4CCC5(CC4)CCN(C(=O)O)CC5)CC3)cc2cc1NC(=O)c1cccc(C(F)(F)F)n1. The normalized spacial score (nSPS) is 22.4. The summed E-state index contributed by atoms with van der Waals surface area (Å²) < 4.78 is 46.7. The second-order valence-electron chi connectivity index (χ2n) is 12.8. The number of benzene rings is 1. The van der Waals surface area contributed by atoms with Gasteiger partial charge in [-0.25, -0.2) is 9.78 Å². The lowest BCUT2D eigenvalue weighted by Crippen LogP contribution is -2.48.